The average molecular weight is 168 g/mol. The fourth-order valence-electron chi connectivity index (χ4n) is 1.14. The molecule has 0 N–H and O–H groups in total. The highest BCUT2D eigenvalue weighted by Crippen LogP contribution is 2.21. The van der Waals surface area contributed by atoms with Crippen LogP contribution in [0.4, 0.5) is 8.78 Å². The van der Waals surface area contributed by atoms with Gasteiger partial charge in [0.1, 0.15) is 5.65 Å². The second-order valence-electron chi connectivity index (χ2n) is 2.42. The Bertz CT molecular complexity index is 395. The zero-order valence-electron chi connectivity index (χ0n) is 6.11. The molecule has 0 saturated heterocycles. The molecular formula is C8H6F2N2. The first-order chi connectivity index (χ1) is 5.79. The number of alkyl halides is 2. The Morgan fingerprint density at radius 3 is 2.92 bits per heavy atom. The largest absolute Gasteiger partial charge is 0.307 e. The number of rotatable bonds is 1. The molecule has 0 aliphatic rings. The van der Waals surface area contributed by atoms with Crippen molar-refractivity contribution in [1.29, 1.82) is 0 Å². The molecule has 0 spiro atoms. The van der Waals surface area contributed by atoms with Crippen molar-refractivity contribution in [3.63, 3.8) is 0 Å². The molecule has 2 heterocycles. The van der Waals surface area contributed by atoms with E-state index >= 15 is 0 Å². The Morgan fingerprint density at radius 1 is 1.33 bits per heavy atom. The second kappa shape index (κ2) is 2.55. The molecular weight excluding hydrogens is 162 g/mol. The Morgan fingerprint density at radius 2 is 2.17 bits per heavy atom. The molecule has 2 rings (SSSR count). The van der Waals surface area contributed by atoms with E-state index in [-0.39, 0.29) is 5.56 Å². The van der Waals surface area contributed by atoms with Crippen LogP contribution in [0.2, 0.25) is 0 Å². The Kier molecular flexibility index (Phi) is 1.53. The van der Waals surface area contributed by atoms with Crippen LogP contribution in [-0.4, -0.2) is 9.38 Å². The summed E-state index contributed by atoms with van der Waals surface area (Å²) in [5, 5.41) is 0. The van der Waals surface area contributed by atoms with Gasteiger partial charge < -0.3 is 4.40 Å². The minimum Gasteiger partial charge on any atom is -0.307 e. The summed E-state index contributed by atoms with van der Waals surface area (Å²) in [5.74, 6) is 0. The van der Waals surface area contributed by atoms with Crippen LogP contribution in [0.25, 0.3) is 5.65 Å². The van der Waals surface area contributed by atoms with Crippen molar-refractivity contribution in [2.75, 3.05) is 0 Å². The monoisotopic (exact) mass is 168 g/mol. The highest BCUT2D eigenvalue weighted by Gasteiger charge is 2.11. The van der Waals surface area contributed by atoms with Gasteiger partial charge in [-0.25, -0.2) is 13.8 Å². The SMILES string of the molecule is FC(F)c1cccn2ccnc12. The minimum absolute atomic E-state index is 0.0255. The van der Waals surface area contributed by atoms with Crippen molar-refractivity contribution in [1.82, 2.24) is 9.38 Å². The average Bonchev–Trinajstić information content (AvgIpc) is 2.49. The second-order valence-corrected chi connectivity index (χ2v) is 2.42. The van der Waals surface area contributed by atoms with E-state index in [1.807, 2.05) is 0 Å². The van der Waals surface area contributed by atoms with Gasteiger partial charge in [0.15, 0.2) is 0 Å². The Balaban J connectivity index is 2.73. The normalized spacial score (nSPS) is 11.2. The summed E-state index contributed by atoms with van der Waals surface area (Å²) < 4.78 is 26.2. The Hall–Kier alpha value is -1.45. The van der Waals surface area contributed by atoms with Gasteiger partial charge in [-0.2, -0.15) is 0 Å². The number of aromatic nitrogens is 2. The summed E-state index contributed by atoms with van der Waals surface area (Å²) in [7, 11) is 0. The number of pyridine rings is 1. The van der Waals surface area contributed by atoms with Gasteiger partial charge in [-0.1, -0.05) is 0 Å². The first-order valence-corrected chi connectivity index (χ1v) is 3.49. The van der Waals surface area contributed by atoms with Crippen LogP contribution >= 0.6 is 0 Å². The zero-order valence-corrected chi connectivity index (χ0v) is 6.11. The van der Waals surface area contributed by atoms with E-state index in [0.29, 0.717) is 5.65 Å². The first-order valence-electron chi connectivity index (χ1n) is 3.49. The molecule has 0 bridgehead atoms. The summed E-state index contributed by atoms with van der Waals surface area (Å²) in [6.07, 6.45) is 2.37. The van der Waals surface area contributed by atoms with Crippen molar-refractivity contribution in [2.24, 2.45) is 0 Å². The number of fused-ring (bicyclic) bond motifs is 1. The van der Waals surface area contributed by atoms with Crippen molar-refractivity contribution in [3.05, 3.63) is 36.3 Å². The van der Waals surface area contributed by atoms with Crippen LogP contribution < -0.4 is 0 Å². The molecule has 0 unspecified atom stereocenters. The molecule has 0 aromatic carbocycles. The topological polar surface area (TPSA) is 17.3 Å². The Labute approximate surface area is 67.5 Å². The number of nitrogens with zero attached hydrogens (tertiary/aromatic N) is 2. The third-order valence-corrected chi connectivity index (χ3v) is 1.68. The van der Waals surface area contributed by atoms with Crippen LogP contribution in [0.15, 0.2) is 30.7 Å². The summed E-state index contributed by atoms with van der Waals surface area (Å²) in [6.45, 7) is 0. The van der Waals surface area contributed by atoms with E-state index in [1.54, 1.807) is 22.9 Å². The fourth-order valence-corrected chi connectivity index (χ4v) is 1.14. The van der Waals surface area contributed by atoms with E-state index in [9.17, 15) is 8.78 Å². The lowest BCUT2D eigenvalue weighted by Crippen LogP contribution is -1.91. The predicted octanol–water partition coefficient (Wildman–Crippen LogP) is 2.27. The van der Waals surface area contributed by atoms with E-state index in [0.717, 1.165) is 0 Å². The smallest absolute Gasteiger partial charge is 0.267 e. The molecule has 0 aliphatic heterocycles. The predicted molar refractivity (Wildman–Crippen MR) is 40.1 cm³/mol. The maximum atomic E-state index is 12.3. The molecule has 4 heteroatoms. The summed E-state index contributed by atoms with van der Waals surface area (Å²) in [5.41, 5.74) is 0.301. The van der Waals surface area contributed by atoms with E-state index in [4.69, 9.17) is 0 Å². The maximum Gasteiger partial charge on any atom is 0.267 e. The number of hydrogen-bond acceptors (Lipinski definition) is 1. The van der Waals surface area contributed by atoms with Crippen molar-refractivity contribution < 1.29 is 8.78 Å². The van der Waals surface area contributed by atoms with Crippen LogP contribution in [0.3, 0.4) is 0 Å². The van der Waals surface area contributed by atoms with Gasteiger partial charge in [-0.15, -0.1) is 0 Å². The summed E-state index contributed by atoms with van der Waals surface area (Å²) in [6, 6.07) is 2.96. The van der Waals surface area contributed by atoms with Crippen LogP contribution in [0.5, 0.6) is 0 Å². The molecule has 62 valence electrons. The standard InChI is InChI=1S/C8H6F2N2/c9-7(10)6-2-1-4-12-5-3-11-8(6)12/h1-5,7H. The highest BCUT2D eigenvalue weighted by molar-refractivity contribution is 5.48. The molecule has 2 nitrogen and oxygen atoms in total. The van der Waals surface area contributed by atoms with Crippen molar-refractivity contribution in [3.8, 4) is 0 Å². The number of halogens is 2. The summed E-state index contributed by atoms with van der Waals surface area (Å²) >= 11 is 0. The zero-order chi connectivity index (χ0) is 8.55. The van der Waals surface area contributed by atoms with Gasteiger partial charge in [0.2, 0.25) is 0 Å². The third kappa shape index (κ3) is 0.958. The van der Waals surface area contributed by atoms with Crippen LogP contribution in [-0.2, 0) is 0 Å². The van der Waals surface area contributed by atoms with Gasteiger partial charge in [0.25, 0.3) is 6.43 Å². The molecule has 0 atom stereocenters. The highest BCUT2D eigenvalue weighted by atomic mass is 19.3. The lowest BCUT2D eigenvalue weighted by Gasteiger charge is -2.00. The van der Waals surface area contributed by atoms with E-state index in [1.165, 1.54) is 12.3 Å². The molecule has 0 amide bonds. The quantitative estimate of drug-likeness (QED) is 0.638. The van der Waals surface area contributed by atoms with Gasteiger partial charge in [0, 0.05) is 18.6 Å². The fraction of sp³-hybridized carbons (Fsp3) is 0.125. The molecule has 2 aromatic rings. The third-order valence-electron chi connectivity index (χ3n) is 1.68. The number of imidazole rings is 1. The molecule has 0 radical (unpaired) electrons. The molecule has 12 heavy (non-hydrogen) atoms. The van der Waals surface area contributed by atoms with Crippen molar-refractivity contribution in [2.45, 2.75) is 6.43 Å². The van der Waals surface area contributed by atoms with Gasteiger partial charge in [-0.05, 0) is 12.1 Å². The molecule has 2 aromatic heterocycles. The first kappa shape index (κ1) is 7.21. The van der Waals surface area contributed by atoms with E-state index in [2.05, 4.69) is 4.98 Å². The lowest BCUT2D eigenvalue weighted by molar-refractivity contribution is 0.152. The molecule has 0 aliphatic carbocycles. The van der Waals surface area contributed by atoms with Crippen molar-refractivity contribution >= 4 is 5.65 Å². The molecule has 0 saturated carbocycles. The van der Waals surface area contributed by atoms with Crippen LogP contribution in [0.1, 0.15) is 12.0 Å². The lowest BCUT2D eigenvalue weighted by atomic mass is 10.3. The minimum atomic E-state index is -2.46. The van der Waals surface area contributed by atoms with Crippen LogP contribution in [0, 0.1) is 0 Å². The van der Waals surface area contributed by atoms with E-state index < -0.39 is 6.43 Å². The summed E-state index contributed by atoms with van der Waals surface area (Å²) in [4.78, 5) is 3.82. The molecule has 0 fully saturated rings. The number of hydrogen-bond donors (Lipinski definition) is 0. The van der Waals surface area contributed by atoms with Gasteiger partial charge >= 0.3 is 0 Å². The van der Waals surface area contributed by atoms with Gasteiger partial charge in [-0.3, -0.25) is 0 Å². The maximum absolute atomic E-state index is 12.3. The van der Waals surface area contributed by atoms with Gasteiger partial charge in [0.05, 0.1) is 5.56 Å².